The average molecular weight is 1100 g/mol. The number of benzene rings is 3. The molecule has 1 amide bonds. The molecule has 0 radical (unpaired) electrons. The quantitative estimate of drug-likeness (QED) is 0.0359. The first kappa shape index (κ1) is 60.3. The van der Waals surface area contributed by atoms with Gasteiger partial charge in [-0.15, -0.1) is 22.0 Å². The number of aliphatic imine (C=N–C) groups is 1. The van der Waals surface area contributed by atoms with Crippen molar-refractivity contribution in [2.45, 2.75) is 185 Å². The van der Waals surface area contributed by atoms with Gasteiger partial charge in [0.25, 0.3) is 15.9 Å². The first-order valence-electron chi connectivity index (χ1n) is 27.6. The Morgan fingerprint density at radius 3 is 1.99 bits per heavy atom. The minimum absolute atomic E-state index is 0.00212. The van der Waals surface area contributed by atoms with Crippen LogP contribution in [0.5, 0.6) is 11.5 Å². The number of unbranched alkanes of at least 4 members (excludes halogenated alkanes) is 15. The van der Waals surface area contributed by atoms with Gasteiger partial charge >= 0.3 is 0 Å². The van der Waals surface area contributed by atoms with Crippen LogP contribution in [-0.2, 0) is 24.7 Å². The van der Waals surface area contributed by atoms with Crippen LogP contribution in [0.15, 0.2) is 69.6 Å². The Kier molecular flexibility index (Phi) is 21.5. The second kappa shape index (κ2) is 27.1. The number of carbonyl (C=O) groups excluding carboxylic acids is 1. The van der Waals surface area contributed by atoms with Crippen LogP contribution in [0.4, 0.5) is 17.1 Å². The number of thioether (sulfide) groups is 1. The van der Waals surface area contributed by atoms with E-state index in [1.807, 2.05) is 39.8 Å². The zero-order valence-electron chi connectivity index (χ0n) is 46.6. The molecule has 1 atom stereocenters. The summed E-state index contributed by atoms with van der Waals surface area (Å²) in [5, 5.41) is 38.6. The maximum Gasteiger partial charge on any atom is 0.274 e. The van der Waals surface area contributed by atoms with Crippen LogP contribution in [0.1, 0.15) is 180 Å². The molecular weight excluding hydrogens is 1020 g/mol. The van der Waals surface area contributed by atoms with Gasteiger partial charge in [-0.25, -0.2) is 21.8 Å². The number of aromatic hydroxyl groups is 2. The van der Waals surface area contributed by atoms with Crippen molar-refractivity contribution in [1.29, 1.82) is 0 Å². The summed E-state index contributed by atoms with van der Waals surface area (Å²) in [5.74, 6) is -0.371. The molecule has 418 valence electrons. The molecule has 1 saturated heterocycles. The van der Waals surface area contributed by atoms with E-state index < -0.39 is 31.3 Å². The highest BCUT2D eigenvalue weighted by molar-refractivity contribution is 8.01. The summed E-state index contributed by atoms with van der Waals surface area (Å²) in [5.41, 5.74) is 2.06. The number of rotatable bonds is 30. The van der Waals surface area contributed by atoms with Crippen LogP contribution >= 0.6 is 11.8 Å². The van der Waals surface area contributed by atoms with Crippen molar-refractivity contribution in [3.8, 4) is 22.9 Å². The van der Waals surface area contributed by atoms with E-state index in [4.69, 9.17) is 10.1 Å². The minimum Gasteiger partial charge on any atom is -0.508 e. The number of nitrogens with one attached hydrogen (secondary N) is 2. The summed E-state index contributed by atoms with van der Waals surface area (Å²) < 4.78 is 56.6. The molecule has 6 rings (SSSR count). The van der Waals surface area contributed by atoms with E-state index in [1.165, 1.54) is 125 Å². The van der Waals surface area contributed by atoms with Gasteiger partial charge in [-0.05, 0) is 122 Å². The number of hydrogen-bond acceptors (Lipinski definition) is 14. The number of anilines is 2. The molecule has 3 heterocycles. The molecule has 4 N–H and O–H groups in total. The highest BCUT2D eigenvalue weighted by atomic mass is 32.2. The van der Waals surface area contributed by atoms with Gasteiger partial charge in [0.05, 0.1) is 27.4 Å². The Morgan fingerprint density at radius 1 is 0.816 bits per heavy atom. The first-order chi connectivity index (χ1) is 36.0. The molecule has 2 aliphatic rings. The molecule has 0 bridgehead atoms. The van der Waals surface area contributed by atoms with E-state index in [9.17, 15) is 31.8 Å². The molecular formula is C57H85N9O7S3. The fourth-order valence-electron chi connectivity index (χ4n) is 9.99. The number of fused-ring (bicyclic) bond motifs is 1. The van der Waals surface area contributed by atoms with E-state index >= 15 is 0 Å². The van der Waals surface area contributed by atoms with E-state index in [0.29, 0.717) is 36.3 Å². The van der Waals surface area contributed by atoms with Gasteiger partial charge < -0.3 is 20.4 Å². The van der Waals surface area contributed by atoms with E-state index in [-0.39, 0.29) is 66.6 Å². The van der Waals surface area contributed by atoms with Gasteiger partial charge in [-0.1, -0.05) is 103 Å². The maximum atomic E-state index is 14.5. The fraction of sp³-hybridized carbons (Fsp3) is 0.596. The van der Waals surface area contributed by atoms with Gasteiger partial charge in [-0.2, -0.15) is 9.78 Å². The summed E-state index contributed by atoms with van der Waals surface area (Å²) in [6.07, 6.45) is 22.5. The SMILES string of the molecule is CCCCCCCCCCCCCCCCCCN1CC(C)(C)SC1c1cc(S(=O)(=O)Nc2cc(O)cc(C)c2-c2nnc3n2N=C(C(=O)NC(C)(C)C)C3=Nc2ccc(N(CC)CCCS(C)(=O)=O)cc2)ccc1O. The number of amides is 1. The second-order valence-corrected chi connectivity index (χ2v) is 28.1. The largest absolute Gasteiger partial charge is 0.508 e. The van der Waals surface area contributed by atoms with E-state index in [1.54, 1.807) is 36.9 Å². The van der Waals surface area contributed by atoms with Crippen molar-refractivity contribution in [3.63, 3.8) is 0 Å². The summed E-state index contributed by atoms with van der Waals surface area (Å²) in [7, 11) is -7.46. The number of aromatic nitrogens is 3. The lowest BCUT2D eigenvalue weighted by Crippen LogP contribution is -2.45. The van der Waals surface area contributed by atoms with Crippen molar-refractivity contribution >= 4 is 66.0 Å². The van der Waals surface area contributed by atoms with Crippen molar-refractivity contribution in [3.05, 3.63) is 71.5 Å². The third-order valence-electron chi connectivity index (χ3n) is 13.8. The lowest BCUT2D eigenvalue weighted by Gasteiger charge is -2.25. The fourth-order valence-corrected chi connectivity index (χ4v) is 13.2. The van der Waals surface area contributed by atoms with E-state index in [0.717, 1.165) is 31.6 Å². The van der Waals surface area contributed by atoms with Gasteiger partial charge in [-0.3, -0.25) is 14.4 Å². The third-order valence-corrected chi connectivity index (χ3v) is 17.7. The number of hydrogen-bond donors (Lipinski definition) is 4. The number of nitrogens with zero attached hydrogens (tertiary/aromatic N) is 7. The molecule has 3 aromatic carbocycles. The Hall–Kier alpha value is -4.98. The van der Waals surface area contributed by atoms with Crippen LogP contribution in [0.25, 0.3) is 11.4 Å². The highest BCUT2D eigenvalue weighted by Gasteiger charge is 2.41. The van der Waals surface area contributed by atoms with Gasteiger partial charge in [0.2, 0.25) is 5.82 Å². The van der Waals surface area contributed by atoms with Crippen molar-refractivity contribution in [2.24, 2.45) is 10.1 Å². The molecule has 2 aliphatic heterocycles. The molecule has 1 fully saturated rings. The zero-order valence-corrected chi connectivity index (χ0v) is 49.1. The predicted octanol–water partition coefficient (Wildman–Crippen LogP) is 12.1. The third kappa shape index (κ3) is 17.3. The summed E-state index contributed by atoms with van der Waals surface area (Å²) in [6, 6.07) is 14.4. The molecule has 4 aromatic rings. The molecule has 0 aliphatic carbocycles. The summed E-state index contributed by atoms with van der Waals surface area (Å²) in [6.45, 7) is 18.7. The summed E-state index contributed by atoms with van der Waals surface area (Å²) in [4.78, 5) is 23.2. The Balaban J connectivity index is 1.17. The van der Waals surface area contributed by atoms with Crippen LogP contribution < -0.4 is 14.9 Å². The molecule has 16 nitrogen and oxygen atoms in total. The number of phenols is 2. The monoisotopic (exact) mass is 1100 g/mol. The van der Waals surface area contributed by atoms with Gasteiger partial charge in [0, 0.05) is 59.1 Å². The smallest absolute Gasteiger partial charge is 0.274 e. The number of carbonyl (C=O) groups is 1. The maximum absolute atomic E-state index is 14.5. The Labute approximate surface area is 458 Å². The number of phenolic OH excluding ortho intramolecular Hbond substituents is 2. The lowest BCUT2D eigenvalue weighted by molar-refractivity contribution is -0.115. The van der Waals surface area contributed by atoms with Crippen molar-refractivity contribution in [2.75, 3.05) is 47.8 Å². The topological polar surface area (TPSA) is 212 Å². The van der Waals surface area contributed by atoms with Crippen LogP contribution in [0.2, 0.25) is 0 Å². The predicted molar refractivity (Wildman–Crippen MR) is 312 cm³/mol. The minimum atomic E-state index is -4.37. The van der Waals surface area contributed by atoms with Gasteiger partial charge in [0.1, 0.15) is 27.0 Å². The van der Waals surface area contributed by atoms with Crippen LogP contribution in [-0.4, -0.2) is 113 Å². The molecule has 76 heavy (non-hydrogen) atoms. The molecule has 19 heteroatoms. The van der Waals surface area contributed by atoms with Crippen LogP contribution in [0.3, 0.4) is 0 Å². The molecule has 1 aromatic heterocycles. The van der Waals surface area contributed by atoms with Crippen molar-refractivity contribution in [1.82, 2.24) is 25.1 Å². The van der Waals surface area contributed by atoms with Crippen LogP contribution in [0, 0.1) is 6.92 Å². The molecule has 1 unspecified atom stereocenters. The first-order valence-corrected chi connectivity index (χ1v) is 32.0. The standard InChI is InChI=1S/C57H85N9O7S3/c1-10-12-13-14-15-16-17-18-19-20-21-22-23-24-25-26-34-65-40-57(7,8)74-55(65)46-39-45(32-33-48(46)68)76(72,73)63-47-38-44(67)37-41(3)49(47)52-60-61-53-50(51(62-66(52)53)54(69)59-56(4,5)6)58-42-28-30-43(31-29-42)64(11-2)35-27-36-75(9,70)71/h28-33,37-39,55,63,67-68H,10-27,34-36,40H2,1-9H3,(H,59,69). The average Bonchev–Trinajstić information content (AvgIpc) is 4.02. The van der Waals surface area contributed by atoms with Gasteiger partial charge in [0.15, 0.2) is 11.5 Å². The Morgan fingerprint density at radius 2 is 1.41 bits per heavy atom. The van der Waals surface area contributed by atoms with Crippen molar-refractivity contribution < 1.29 is 31.8 Å². The normalized spacial score (nSPS) is 16.3. The Bertz CT molecular complexity index is 2880. The number of aryl methyl sites for hydroxylation is 1. The number of sulfonamides is 1. The zero-order chi connectivity index (χ0) is 55.3. The lowest BCUT2D eigenvalue weighted by atomic mass is 10.0. The summed E-state index contributed by atoms with van der Waals surface area (Å²) >= 11 is 1.71. The molecule has 0 spiro atoms. The molecule has 0 saturated carbocycles. The number of sulfone groups is 1. The van der Waals surface area contributed by atoms with E-state index in [2.05, 4.69) is 50.8 Å². The highest BCUT2D eigenvalue weighted by Crippen LogP contribution is 2.51. The second-order valence-electron chi connectivity index (χ2n) is 22.4.